The summed E-state index contributed by atoms with van der Waals surface area (Å²) in [5, 5.41) is 10.8. The van der Waals surface area contributed by atoms with E-state index in [4.69, 9.17) is 11.6 Å². The molecule has 1 aromatic carbocycles. The average Bonchev–Trinajstić information content (AvgIpc) is 2.21. The van der Waals surface area contributed by atoms with Crippen LogP contribution in [0.15, 0.2) is 18.2 Å². The Morgan fingerprint density at radius 1 is 1.25 bits per heavy atom. The second-order valence-corrected chi connectivity index (χ2v) is 5.28. The standard InChI is InChI=1S/C14H21ClO/c1-10(2)5-4-6-14(16)13-9-12(15)8-7-11(13)3/h7-10,14,16H,4-6H2,1-3H3. The molecule has 0 radical (unpaired) electrons. The predicted molar refractivity (Wildman–Crippen MR) is 69.8 cm³/mol. The minimum atomic E-state index is -0.377. The highest BCUT2D eigenvalue weighted by molar-refractivity contribution is 6.30. The summed E-state index contributed by atoms with van der Waals surface area (Å²) < 4.78 is 0. The third-order valence-electron chi connectivity index (χ3n) is 2.86. The Kier molecular flexibility index (Phi) is 5.30. The monoisotopic (exact) mass is 240 g/mol. The smallest absolute Gasteiger partial charge is 0.0793 e. The van der Waals surface area contributed by atoms with E-state index in [9.17, 15) is 5.11 Å². The van der Waals surface area contributed by atoms with Crippen molar-refractivity contribution in [1.29, 1.82) is 0 Å². The Bertz CT molecular complexity index is 334. The quantitative estimate of drug-likeness (QED) is 0.803. The lowest BCUT2D eigenvalue weighted by molar-refractivity contribution is 0.161. The van der Waals surface area contributed by atoms with Gasteiger partial charge in [-0.1, -0.05) is 44.4 Å². The van der Waals surface area contributed by atoms with E-state index in [2.05, 4.69) is 13.8 Å². The maximum absolute atomic E-state index is 10.1. The highest BCUT2D eigenvalue weighted by Crippen LogP contribution is 2.26. The molecule has 1 aromatic rings. The molecule has 0 amide bonds. The van der Waals surface area contributed by atoms with Gasteiger partial charge in [0.25, 0.3) is 0 Å². The van der Waals surface area contributed by atoms with Crippen molar-refractivity contribution in [3.8, 4) is 0 Å². The zero-order valence-electron chi connectivity index (χ0n) is 10.3. The van der Waals surface area contributed by atoms with Gasteiger partial charge in [0, 0.05) is 5.02 Å². The molecule has 1 atom stereocenters. The van der Waals surface area contributed by atoms with E-state index >= 15 is 0 Å². The highest BCUT2D eigenvalue weighted by Gasteiger charge is 2.10. The first-order chi connectivity index (χ1) is 7.50. The highest BCUT2D eigenvalue weighted by atomic mass is 35.5. The summed E-state index contributed by atoms with van der Waals surface area (Å²) >= 11 is 5.93. The van der Waals surface area contributed by atoms with E-state index < -0.39 is 0 Å². The van der Waals surface area contributed by atoms with Crippen LogP contribution in [0, 0.1) is 12.8 Å². The summed E-state index contributed by atoms with van der Waals surface area (Å²) in [5.74, 6) is 0.702. The molecule has 1 rings (SSSR count). The second kappa shape index (κ2) is 6.27. The number of aliphatic hydroxyl groups excluding tert-OH is 1. The Labute approximate surface area is 103 Å². The number of benzene rings is 1. The van der Waals surface area contributed by atoms with Crippen molar-refractivity contribution < 1.29 is 5.11 Å². The number of rotatable bonds is 5. The van der Waals surface area contributed by atoms with Gasteiger partial charge in [-0.2, -0.15) is 0 Å². The molecular weight excluding hydrogens is 220 g/mol. The summed E-state index contributed by atoms with van der Waals surface area (Å²) in [5.41, 5.74) is 2.08. The molecule has 0 aliphatic rings. The molecular formula is C14H21ClO. The summed E-state index contributed by atoms with van der Waals surface area (Å²) in [7, 11) is 0. The molecule has 90 valence electrons. The molecule has 0 fully saturated rings. The molecule has 1 N–H and O–H groups in total. The van der Waals surface area contributed by atoms with Gasteiger partial charge in [0.15, 0.2) is 0 Å². The lowest BCUT2D eigenvalue weighted by Gasteiger charge is -2.14. The van der Waals surface area contributed by atoms with Crippen molar-refractivity contribution in [2.24, 2.45) is 5.92 Å². The lowest BCUT2D eigenvalue weighted by atomic mass is 9.97. The zero-order valence-corrected chi connectivity index (χ0v) is 11.1. The summed E-state index contributed by atoms with van der Waals surface area (Å²) in [4.78, 5) is 0. The van der Waals surface area contributed by atoms with Crippen molar-refractivity contribution in [3.63, 3.8) is 0 Å². The first-order valence-corrected chi connectivity index (χ1v) is 6.32. The number of aryl methyl sites for hydroxylation is 1. The van der Waals surface area contributed by atoms with Gasteiger partial charge in [-0.25, -0.2) is 0 Å². The van der Waals surface area contributed by atoms with Gasteiger partial charge in [-0.15, -0.1) is 0 Å². The van der Waals surface area contributed by atoms with Gasteiger partial charge < -0.3 is 5.11 Å². The van der Waals surface area contributed by atoms with Crippen LogP contribution in [0.2, 0.25) is 5.02 Å². The van der Waals surface area contributed by atoms with Crippen LogP contribution in [0.1, 0.15) is 50.3 Å². The van der Waals surface area contributed by atoms with Crippen molar-refractivity contribution >= 4 is 11.6 Å². The molecule has 0 saturated carbocycles. The fourth-order valence-corrected chi connectivity index (χ4v) is 2.03. The minimum Gasteiger partial charge on any atom is -0.388 e. The van der Waals surface area contributed by atoms with Crippen molar-refractivity contribution in [2.45, 2.75) is 46.1 Å². The third-order valence-corrected chi connectivity index (χ3v) is 3.09. The SMILES string of the molecule is Cc1ccc(Cl)cc1C(O)CCCC(C)C. The van der Waals surface area contributed by atoms with Crippen molar-refractivity contribution in [3.05, 3.63) is 34.3 Å². The van der Waals surface area contributed by atoms with Gasteiger partial charge in [-0.3, -0.25) is 0 Å². The number of aliphatic hydroxyl groups is 1. The summed E-state index contributed by atoms with van der Waals surface area (Å²) in [6.07, 6.45) is 2.67. The zero-order chi connectivity index (χ0) is 12.1. The second-order valence-electron chi connectivity index (χ2n) is 4.84. The van der Waals surface area contributed by atoms with Gasteiger partial charge in [-0.05, 0) is 42.5 Å². The van der Waals surface area contributed by atoms with E-state index in [1.165, 1.54) is 0 Å². The van der Waals surface area contributed by atoms with E-state index in [0.29, 0.717) is 10.9 Å². The number of halogens is 1. The van der Waals surface area contributed by atoms with Crippen molar-refractivity contribution in [2.75, 3.05) is 0 Å². The topological polar surface area (TPSA) is 20.2 Å². The fourth-order valence-electron chi connectivity index (χ4n) is 1.85. The van der Waals surface area contributed by atoms with Crippen LogP contribution < -0.4 is 0 Å². The summed E-state index contributed by atoms with van der Waals surface area (Å²) in [6, 6.07) is 5.70. The van der Waals surface area contributed by atoms with Gasteiger partial charge in [0.1, 0.15) is 0 Å². The largest absolute Gasteiger partial charge is 0.388 e. The van der Waals surface area contributed by atoms with Crippen molar-refractivity contribution in [1.82, 2.24) is 0 Å². The number of hydrogen-bond donors (Lipinski definition) is 1. The molecule has 0 heterocycles. The maximum atomic E-state index is 10.1. The van der Waals surface area contributed by atoms with Crippen LogP contribution >= 0.6 is 11.6 Å². The predicted octanol–water partition coefficient (Wildman–Crippen LogP) is 4.51. The minimum absolute atomic E-state index is 0.377. The third kappa shape index (κ3) is 4.15. The molecule has 0 aromatic heterocycles. The van der Waals surface area contributed by atoms with Crippen LogP contribution in [-0.2, 0) is 0 Å². The van der Waals surface area contributed by atoms with E-state index in [-0.39, 0.29) is 6.10 Å². The molecule has 1 unspecified atom stereocenters. The average molecular weight is 241 g/mol. The Morgan fingerprint density at radius 3 is 2.56 bits per heavy atom. The molecule has 1 nitrogen and oxygen atoms in total. The van der Waals surface area contributed by atoms with Crippen LogP contribution in [0.3, 0.4) is 0 Å². The first-order valence-electron chi connectivity index (χ1n) is 5.95. The fraction of sp³-hybridized carbons (Fsp3) is 0.571. The van der Waals surface area contributed by atoms with Gasteiger partial charge >= 0.3 is 0 Å². The lowest BCUT2D eigenvalue weighted by Crippen LogP contribution is -2.01. The molecule has 0 bridgehead atoms. The molecule has 0 saturated heterocycles. The first kappa shape index (κ1) is 13.5. The molecule has 0 aliphatic carbocycles. The van der Waals surface area contributed by atoms with Crippen LogP contribution in [0.4, 0.5) is 0 Å². The van der Waals surface area contributed by atoms with E-state index in [0.717, 1.165) is 30.4 Å². The normalized spacial score (nSPS) is 13.1. The van der Waals surface area contributed by atoms with Crippen LogP contribution in [0.25, 0.3) is 0 Å². The molecule has 16 heavy (non-hydrogen) atoms. The maximum Gasteiger partial charge on any atom is 0.0793 e. The van der Waals surface area contributed by atoms with Gasteiger partial charge in [0.2, 0.25) is 0 Å². The Balaban J connectivity index is 2.58. The molecule has 0 spiro atoms. The Hall–Kier alpha value is -0.530. The Morgan fingerprint density at radius 2 is 1.94 bits per heavy atom. The van der Waals surface area contributed by atoms with Crippen LogP contribution in [0.5, 0.6) is 0 Å². The molecule has 2 heteroatoms. The number of hydrogen-bond acceptors (Lipinski definition) is 1. The van der Waals surface area contributed by atoms with Gasteiger partial charge in [0.05, 0.1) is 6.10 Å². The summed E-state index contributed by atoms with van der Waals surface area (Å²) in [6.45, 7) is 6.42. The van der Waals surface area contributed by atoms with Crippen LogP contribution in [-0.4, -0.2) is 5.11 Å². The van der Waals surface area contributed by atoms with E-state index in [1.54, 1.807) is 0 Å². The molecule has 0 aliphatic heterocycles. The van der Waals surface area contributed by atoms with E-state index in [1.807, 2.05) is 25.1 Å².